The first-order chi connectivity index (χ1) is 15.5. The highest BCUT2D eigenvalue weighted by Crippen LogP contribution is 2.39. The van der Waals surface area contributed by atoms with E-state index in [0.717, 1.165) is 12.1 Å². The number of H-pyrrole nitrogens is 1. The number of benzene rings is 2. The van der Waals surface area contributed by atoms with Crippen LogP contribution in [0.15, 0.2) is 65.4 Å². The van der Waals surface area contributed by atoms with Gasteiger partial charge in [-0.15, -0.1) is 0 Å². The molecule has 2 unspecified atom stereocenters. The van der Waals surface area contributed by atoms with Gasteiger partial charge in [0, 0.05) is 18.7 Å². The van der Waals surface area contributed by atoms with Crippen molar-refractivity contribution >= 4 is 0 Å². The van der Waals surface area contributed by atoms with Crippen LogP contribution in [0.5, 0.6) is 0 Å². The average Bonchev–Trinajstić information content (AvgIpc) is 3.51. The summed E-state index contributed by atoms with van der Waals surface area (Å²) >= 11 is 0. The zero-order valence-corrected chi connectivity index (χ0v) is 16.9. The number of likely N-dealkylation sites (tertiary alicyclic amines) is 1. The molecule has 1 saturated heterocycles. The molecule has 5 nitrogen and oxygen atoms in total. The second-order valence-electron chi connectivity index (χ2n) is 7.88. The van der Waals surface area contributed by atoms with Crippen molar-refractivity contribution in [1.82, 2.24) is 15.1 Å². The molecule has 5 rings (SSSR count). The molecule has 4 aromatic rings. The normalized spacial score (nSPS) is 17.7. The molecule has 2 aromatic carbocycles. The number of aromatic nitrogens is 2. The van der Waals surface area contributed by atoms with E-state index in [1.807, 2.05) is 4.90 Å². The number of aliphatic hydroxyl groups is 1. The van der Waals surface area contributed by atoms with Crippen LogP contribution in [-0.4, -0.2) is 39.4 Å². The Hall–Kier alpha value is -3.36. The number of β-amino-alcohol motifs (C(OH)–C–C–N with tert-alkyl or cyclic N) is 1. The topological polar surface area (TPSA) is 65.3 Å². The molecule has 0 aliphatic carbocycles. The van der Waals surface area contributed by atoms with Gasteiger partial charge in [-0.1, -0.05) is 12.1 Å². The van der Waals surface area contributed by atoms with Crippen LogP contribution in [0.3, 0.4) is 0 Å². The molecule has 2 N–H and O–H groups in total. The molecular formula is C24H20F3N3O2. The Kier molecular flexibility index (Phi) is 5.32. The first-order valence-electron chi connectivity index (χ1n) is 10.3. The van der Waals surface area contributed by atoms with Crippen molar-refractivity contribution in [3.05, 3.63) is 89.6 Å². The second-order valence-corrected chi connectivity index (χ2v) is 7.88. The first-order valence-corrected chi connectivity index (χ1v) is 10.3. The van der Waals surface area contributed by atoms with Crippen LogP contribution in [0.25, 0.3) is 22.6 Å². The zero-order valence-electron chi connectivity index (χ0n) is 16.9. The maximum absolute atomic E-state index is 15.2. The van der Waals surface area contributed by atoms with Crippen molar-refractivity contribution in [2.75, 3.05) is 13.1 Å². The largest absolute Gasteiger partial charge is 0.463 e. The molecule has 1 aliphatic rings. The van der Waals surface area contributed by atoms with Crippen LogP contribution < -0.4 is 0 Å². The molecule has 0 saturated carbocycles. The van der Waals surface area contributed by atoms with Gasteiger partial charge in [-0.3, -0.25) is 10.00 Å². The van der Waals surface area contributed by atoms with E-state index in [2.05, 4.69) is 10.2 Å². The number of hydrogen-bond donors (Lipinski definition) is 2. The third-order valence-electron chi connectivity index (χ3n) is 5.80. The van der Waals surface area contributed by atoms with Gasteiger partial charge in [-0.2, -0.15) is 5.10 Å². The molecule has 8 heteroatoms. The van der Waals surface area contributed by atoms with Crippen LogP contribution in [0, 0.1) is 17.5 Å². The van der Waals surface area contributed by atoms with E-state index in [0.29, 0.717) is 42.1 Å². The molecule has 0 bridgehead atoms. The lowest BCUT2D eigenvalue weighted by atomic mass is 9.94. The van der Waals surface area contributed by atoms with Crippen LogP contribution >= 0.6 is 0 Å². The Morgan fingerprint density at radius 3 is 2.47 bits per heavy atom. The zero-order chi connectivity index (χ0) is 22.2. The fourth-order valence-corrected chi connectivity index (χ4v) is 4.35. The van der Waals surface area contributed by atoms with Crippen molar-refractivity contribution in [1.29, 1.82) is 0 Å². The minimum absolute atomic E-state index is 0.215. The maximum atomic E-state index is 15.2. The summed E-state index contributed by atoms with van der Waals surface area (Å²) in [4.78, 5) is 1.97. The molecule has 1 fully saturated rings. The van der Waals surface area contributed by atoms with Crippen molar-refractivity contribution in [2.45, 2.75) is 18.6 Å². The molecule has 1 aliphatic heterocycles. The van der Waals surface area contributed by atoms with Gasteiger partial charge in [0.2, 0.25) is 0 Å². The quantitative estimate of drug-likeness (QED) is 0.464. The van der Waals surface area contributed by atoms with Gasteiger partial charge in [0.15, 0.2) is 5.76 Å². The van der Waals surface area contributed by atoms with Crippen molar-refractivity contribution in [3.8, 4) is 22.6 Å². The number of nitrogens with one attached hydrogen (secondary N) is 1. The van der Waals surface area contributed by atoms with Crippen LogP contribution in [0.2, 0.25) is 0 Å². The van der Waals surface area contributed by atoms with Crippen molar-refractivity contribution in [3.63, 3.8) is 0 Å². The van der Waals surface area contributed by atoms with Crippen LogP contribution in [0.1, 0.15) is 23.6 Å². The lowest BCUT2D eigenvalue weighted by molar-refractivity contribution is 0.167. The van der Waals surface area contributed by atoms with Crippen LogP contribution in [0.4, 0.5) is 13.2 Å². The van der Waals surface area contributed by atoms with E-state index in [9.17, 15) is 9.50 Å². The van der Waals surface area contributed by atoms with Gasteiger partial charge >= 0.3 is 0 Å². The van der Waals surface area contributed by atoms with E-state index >= 15 is 8.78 Å². The molecule has 0 radical (unpaired) electrons. The highest BCUT2D eigenvalue weighted by molar-refractivity contribution is 5.66. The predicted molar refractivity (Wildman–Crippen MR) is 112 cm³/mol. The number of rotatable bonds is 5. The first kappa shape index (κ1) is 20.5. The maximum Gasteiger partial charge on any atom is 0.151 e. The standard InChI is InChI=1S/C24H20F3N3O2/c25-16-5-3-14(4-6-16)22-19(26)10-15(11-20(22)27)24(30-8-7-17(31)13-30)18-12-28-29-23(18)21-2-1-9-32-21/h1-6,9-12,17,24,31H,7-8,13H2,(H,28,29). The van der Waals surface area contributed by atoms with E-state index in [-0.39, 0.29) is 11.1 Å². The Morgan fingerprint density at radius 1 is 1.09 bits per heavy atom. The average molecular weight is 439 g/mol. The molecule has 164 valence electrons. The van der Waals surface area contributed by atoms with Gasteiger partial charge < -0.3 is 9.52 Å². The molecule has 3 heterocycles. The van der Waals surface area contributed by atoms with Gasteiger partial charge in [0.1, 0.15) is 23.1 Å². The third kappa shape index (κ3) is 3.72. The molecule has 0 amide bonds. The summed E-state index contributed by atoms with van der Waals surface area (Å²) in [5, 5.41) is 17.2. The number of hydrogen-bond acceptors (Lipinski definition) is 4. The summed E-state index contributed by atoms with van der Waals surface area (Å²) in [6.45, 7) is 0.911. The highest BCUT2D eigenvalue weighted by atomic mass is 19.1. The smallest absolute Gasteiger partial charge is 0.151 e. The number of aromatic amines is 1. The van der Waals surface area contributed by atoms with E-state index < -0.39 is 29.6 Å². The summed E-state index contributed by atoms with van der Waals surface area (Å²) < 4.78 is 49.1. The van der Waals surface area contributed by atoms with Crippen LogP contribution in [-0.2, 0) is 0 Å². The number of aliphatic hydroxyl groups excluding tert-OH is 1. The summed E-state index contributed by atoms with van der Waals surface area (Å²) in [6.07, 6.45) is 3.18. The Labute approximate surface area is 182 Å². The SMILES string of the molecule is OC1CCN(C(c2cc(F)c(-c3ccc(F)cc3)c(F)c2)c2cn[nH]c2-c2ccco2)C1. The Bertz CT molecular complexity index is 1200. The van der Waals surface area contributed by atoms with Gasteiger partial charge in [-0.25, -0.2) is 13.2 Å². The van der Waals surface area contributed by atoms with Crippen molar-refractivity contribution < 1.29 is 22.7 Å². The molecule has 0 spiro atoms. The number of halogens is 3. The minimum atomic E-state index is -0.751. The molecule has 2 aromatic heterocycles. The summed E-state index contributed by atoms with van der Waals surface area (Å²) in [5.74, 6) is -1.44. The van der Waals surface area contributed by atoms with E-state index in [1.165, 1.54) is 30.5 Å². The lowest BCUT2D eigenvalue weighted by Crippen LogP contribution is -2.29. The monoisotopic (exact) mass is 439 g/mol. The van der Waals surface area contributed by atoms with Gasteiger partial charge in [-0.05, 0) is 53.9 Å². The summed E-state index contributed by atoms with van der Waals surface area (Å²) in [7, 11) is 0. The third-order valence-corrected chi connectivity index (χ3v) is 5.80. The van der Waals surface area contributed by atoms with Gasteiger partial charge in [0.05, 0.1) is 30.2 Å². The highest BCUT2D eigenvalue weighted by Gasteiger charge is 2.33. The Morgan fingerprint density at radius 2 is 1.84 bits per heavy atom. The lowest BCUT2D eigenvalue weighted by Gasteiger charge is -2.28. The minimum Gasteiger partial charge on any atom is -0.463 e. The van der Waals surface area contributed by atoms with Crippen molar-refractivity contribution in [2.24, 2.45) is 0 Å². The summed E-state index contributed by atoms with van der Waals surface area (Å²) in [5.41, 5.74) is 1.70. The van der Waals surface area contributed by atoms with E-state index in [1.54, 1.807) is 18.3 Å². The number of nitrogens with zero attached hydrogens (tertiary/aromatic N) is 2. The fraction of sp³-hybridized carbons (Fsp3) is 0.208. The number of furan rings is 1. The molecule has 2 atom stereocenters. The second kappa shape index (κ2) is 8.29. The predicted octanol–water partition coefficient (Wildman–Crippen LogP) is 4.91. The fourth-order valence-electron chi connectivity index (χ4n) is 4.35. The van der Waals surface area contributed by atoms with Gasteiger partial charge in [0.25, 0.3) is 0 Å². The molecular weight excluding hydrogens is 419 g/mol. The summed E-state index contributed by atoms with van der Waals surface area (Å²) in [6, 6.07) is 10.5. The van der Waals surface area contributed by atoms with E-state index in [4.69, 9.17) is 4.42 Å². The Balaban J connectivity index is 1.62. The molecule has 32 heavy (non-hydrogen) atoms.